The van der Waals surface area contributed by atoms with Crippen LogP contribution >= 0.6 is 27.3 Å². The van der Waals surface area contributed by atoms with Gasteiger partial charge in [0, 0.05) is 27.8 Å². The van der Waals surface area contributed by atoms with Crippen LogP contribution in [-0.2, 0) is 16.0 Å². The topological polar surface area (TPSA) is 48.4 Å². The lowest BCUT2D eigenvalue weighted by molar-refractivity contribution is -0.143. The largest absolute Gasteiger partial charge is 0.493 e. The average molecular weight is 502 g/mol. The van der Waals surface area contributed by atoms with E-state index in [1.165, 1.54) is 4.88 Å². The highest BCUT2D eigenvalue weighted by Crippen LogP contribution is 2.33. The summed E-state index contributed by atoms with van der Waals surface area (Å²) < 4.78 is 12.1. The fourth-order valence-corrected chi connectivity index (χ4v) is 4.60. The Labute approximate surface area is 196 Å². The average Bonchev–Trinajstić information content (AvgIpc) is 3.12. The van der Waals surface area contributed by atoms with E-state index in [0.29, 0.717) is 19.6 Å². The number of carbonyl (C=O) groups is 1. The number of aryl methyl sites for hydroxylation is 1. The van der Waals surface area contributed by atoms with Crippen molar-refractivity contribution in [2.24, 2.45) is 0 Å². The van der Waals surface area contributed by atoms with Crippen LogP contribution in [0.2, 0.25) is 0 Å². The van der Waals surface area contributed by atoms with Gasteiger partial charge in [0.15, 0.2) is 0 Å². The molecule has 0 spiro atoms. The maximum atomic E-state index is 11.4. The van der Waals surface area contributed by atoms with Crippen molar-refractivity contribution in [1.82, 2.24) is 4.98 Å². The Kier molecular flexibility index (Phi) is 9.10. The second-order valence-electron chi connectivity index (χ2n) is 7.26. The maximum absolute atomic E-state index is 11.4. The zero-order valence-electron chi connectivity index (χ0n) is 18.0. The zero-order valence-corrected chi connectivity index (χ0v) is 20.4. The summed E-state index contributed by atoms with van der Waals surface area (Å²) >= 11 is 5.24. The van der Waals surface area contributed by atoms with E-state index in [2.05, 4.69) is 47.1 Å². The lowest BCUT2D eigenvalue weighted by Gasteiger charge is -2.12. The van der Waals surface area contributed by atoms with Crippen LogP contribution in [0.25, 0.3) is 11.3 Å². The number of unbranched alkanes of at least 4 members (excludes halogenated alkanes) is 2. The van der Waals surface area contributed by atoms with Crippen molar-refractivity contribution in [1.29, 1.82) is 0 Å². The number of nitrogens with zero attached hydrogens (tertiary/aromatic N) is 1. The summed E-state index contributed by atoms with van der Waals surface area (Å²) in [4.78, 5) is 17.4. The molecule has 2 aromatic carbocycles. The van der Waals surface area contributed by atoms with E-state index in [0.717, 1.165) is 57.7 Å². The van der Waals surface area contributed by atoms with E-state index >= 15 is 0 Å². The molecule has 3 rings (SSSR count). The third-order valence-electron chi connectivity index (χ3n) is 4.83. The SMILES string of the molecule is CCOC(=O)CCCCCOc1ccccc1Cc1sc(C)nc1-c1ccc(Br)cc1. The molecular formula is C25H28BrNO3S. The van der Waals surface area contributed by atoms with E-state index in [-0.39, 0.29) is 5.97 Å². The molecule has 3 aromatic rings. The number of benzene rings is 2. The number of aromatic nitrogens is 1. The Morgan fingerprint density at radius 2 is 1.84 bits per heavy atom. The number of carbonyl (C=O) groups excluding carboxylic acids is 1. The van der Waals surface area contributed by atoms with Gasteiger partial charge < -0.3 is 9.47 Å². The van der Waals surface area contributed by atoms with Gasteiger partial charge in [0.1, 0.15) is 5.75 Å². The van der Waals surface area contributed by atoms with E-state index < -0.39 is 0 Å². The summed E-state index contributed by atoms with van der Waals surface area (Å²) in [5.41, 5.74) is 3.34. The van der Waals surface area contributed by atoms with Gasteiger partial charge in [-0.2, -0.15) is 0 Å². The molecule has 0 aliphatic rings. The third kappa shape index (κ3) is 7.18. The van der Waals surface area contributed by atoms with Crippen molar-refractivity contribution in [2.75, 3.05) is 13.2 Å². The molecule has 0 unspecified atom stereocenters. The minimum Gasteiger partial charge on any atom is -0.493 e. The monoisotopic (exact) mass is 501 g/mol. The summed E-state index contributed by atoms with van der Waals surface area (Å²) in [7, 11) is 0. The molecule has 0 aliphatic heterocycles. The Hall–Kier alpha value is -2.18. The zero-order chi connectivity index (χ0) is 22.1. The minimum atomic E-state index is -0.116. The lowest BCUT2D eigenvalue weighted by Crippen LogP contribution is -2.04. The fraction of sp³-hybridized carbons (Fsp3) is 0.360. The van der Waals surface area contributed by atoms with Crippen molar-refractivity contribution in [3.05, 3.63) is 68.5 Å². The predicted molar refractivity (Wildman–Crippen MR) is 130 cm³/mol. The van der Waals surface area contributed by atoms with Crippen LogP contribution < -0.4 is 4.74 Å². The Balaban J connectivity index is 1.60. The van der Waals surface area contributed by atoms with Gasteiger partial charge in [-0.05, 0) is 56.9 Å². The van der Waals surface area contributed by atoms with Crippen molar-refractivity contribution < 1.29 is 14.3 Å². The van der Waals surface area contributed by atoms with Crippen LogP contribution in [0, 0.1) is 6.92 Å². The van der Waals surface area contributed by atoms with Gasteiger partial charge in [0.2, 0.25) is 0 Å². The molecule has 6 heteroatoms. The van der Waals surface area contributed by atoms with Crippen LogP contribution in [0.1, 0.15) is 48.1 Å². The van der Waals surface area contributed by atoms with Gasteiger partial charge in [0.25, 0.3) is 0 Å². The first-order chi connectivity index (χ1) is 15.1. The summed E-state index contributed by atoms with van der Waals surface area (Å²) in [5.74, 6) is 0.802. The minimum absolute atomic E-state index is 0.116. The van der Waals surface area contributed by atoms with Crippen molar-refractivity contribution in [3.8, 4) is 17.0 Å². The number of rotatable bonds is 11. The van der Waals surface area contributed by atoms with Crippen molar-refractivity contribution in [2.45, 2.75) is 46.0 Å². The Bertz CT molecular complexity index is 985. The van der Waals surface area contributed by atoms with E-state index in [1.807, 2.05) is 31.2 Å². The highest BCUT2D eigenvalue weighted by atomic mass is 79.9. The molecule has 0 radical (unpaired) electrons. The number of hydrogen-bond acceptors (Lipinski definition) is 5. The van der Waals surface area contributed by atoms with Gasteiger partial charge in [-0.3, -0.25) is 4.79 Å². The molecule has 0 saturated carbocycles. The van der Waals surface area contributed by atoms with Crippen LogP contribution in [0.4, 0.5) is 0 Å². The molecule has 0 saturated heterocycles. The van der Waals surface area contributed by atoms with Crippen LogP contribution in [0.15, 0.2) is 53.0 Å². The van der Waals surface area contributed by atoms with E-state index in [9.17, 15) is 4.79 Å². The van der Waals surface area contributed by atoms with E-state index in [4.69, 9.17) is 14.5 Å². The highest BCUT2D eigenvalue weighted by molar-refractivity contribution is 9.10. The van der Waals surface area contributed by atoms with Gasteiger partial charge >= 0.3 is 5.97 Å². The maximum Gasteiger partial charge on any atom is 0.305 e. The molecule has 4 nitrogen and oxygen atoms in total. The molecule has 0 atom stereocenters. The Morgan fingerprint density at radius 3 is 2.61 bits per heavy atom. The van der Waals surface area contributed by atoms with Crippen LogP contribution in [-0.4, -0.2) is 24.2 Å². The standard InChI is InChI=1S/C25H28BrNO3S/c1-3-29-24(28)11-5-4-8-16-30-22-10-7-6-9-20(22)17-23-25(27-18(2)31-23)19-12-14-21(26)15-13-19/h6-7,9-10,12-15H,3-5,8,11,16-17H2,1-2H3. The molecule has 0 fully saturated rings. The first-order valence-electron chi connectivity index (χ1n) is 10.7. The molecule has 0 N–H and O–H groups in total. The summed E-state index contributed by atoms with van der Waals surface area (Å²) in [6.45, 7) is 4.97. The van der Waals surface area contributed by atoms with Gasteiger partial charge in [0.05, 0.1) is 23.9 Å². The molecule has 1 heterocycles. The lowest BCUT2D eigenvalue weighted by atomic mass is 10.1. The molecule has 0 amide bonds. The summed E-state index contributed by atoms with van der Waals surface area (Å²) in [5, 5.41) is 1.06. The number of hydrogen-bond donors (Lipinski definition) is 0. The van der Waals surface area contributed by atoms with Gasteiger partial charge in [-0.15, -0.1) is 11.3 Å². The highest BCUT2D eigenvalue weighted by Gasteiger charge is 2.14. The second-order valence-corrected chi connectivity index (χ2v) is 9.46. The molecule has 0 bridgehead atoms. The fourth-order valence-electron chi connectivity index (χ4n) is 3.35. The van der Waals surface area contributed by atoms with Gasteiger partial charge in [-0.1, -0.05) is 46.3 Å². The summed E-state index contributed by atoms with van der Waals surface area (Å²) in [6.07, 6.45) is 3.96. The first kappa shape index (κ1) is 23.5. The van der Waals surface area contributed by atoms with Crippen LogP contribution in [0.5, 0.6) is 5.75 Å². The number of halogens is 1. The number of para-hydroxylation sites is 1. The first-order valence-corrected chi connectivity index (χ1v) is 12.3. The smallest absolute Gasteiger partial charge is 0.305 e. The predicted octanol–water partition coefficient (Wildman–Crippen LogP) is 6.97. The third-order valence-corrected chi connectivity index (χ3v) is 6.33. The molecule has 1 aromatic heterocycles. The number of thiazole rings is 1. The quantitative estimate of drug-likeness (QED) is 0.210. The van der Waals surface area contributed by atoms with Crippen molar-refractivity contribution >= 4 is 33.2 Å². The van der Waals surface area contributed by atoms with Crippen LogP contribution in [0.3, 0.4) is 0 Å². The molecule has 164 valence electrons. The number of esters is 1. The molecule has 0 aliphatic carbocycles. The number of ether oxygens (including phenoxy) is 2. The summed E-state index contributed by atoms with van der Waals surface area (Å²) in [6, 6.07) is 16.5. The Morgan fingerprint density at radius 1 is 1.06 bits per heavy atom. The van der Waals surface area contributed by atoms with Gasteiger partial charge in [-0.25, -0.2) is 4.98 Å². The van der Waals surface area contributed by atoms with E-state index in [1.54, 1.807) is 11.3 Å². The van der Waals surface area contributed by atoms with Crippen molar-refractivity contribution in [3.63, 3.8) is 0 Å². The molecule has 31 heavy (non-hydrogen) atoms. The normalized spacial score (nSPS) is 10.8. The molecular weight excluding hydrogens is 474 g/mol. The second kappa shape index (κ2) is 12.0.